The van der Waals surface area contributed by atoms with Crippen LogP contribution in [0.3, 0.4) is 0 Å². The maximum Gasteiger partial charge on any atom is 0.319 e. The van der Waals surface area contributed by atoms with Crippen LogP contribution in [0.1, 0.15) is 28.2 Å². The smallest absolute Gasteiger partial charge is 0.319 e. The van der Waals surface area contributed by atoms with Crippen molar-refractivity contribution in [1.29, 1.82) is 0 Å². The van der Waals surface area contributed by atoms with Crippen LogP contribution >= 0.6 is 0 Å². The van der Waals surface area contributed by atoms with Gasteiger partial charge in [-0.2, -0.15) is 0 Å². The predicted octanol–water partition coefficient (Wildman–Crippen LogP) is 1.20. The second-order valence-electron chi connectivity index (χ2n) is 2.65. The molecule has 0 radical (unpaired) electrons. The molecule has 0 aliphatic rings. The normalized spacial score (nSPS) is 8.88. The number of rotatable bonds is 9. The van der Waals surface area contributed by atoms with Crippen LogP contribution < -0.4 is 5.73 Å². The predicted molar refractivity (Wildman–Crippen MR) is 65.4 cm³/mol. The first-order valence-electron chi connectivity index (χ1n) is 4.82. The van der Waals surface area contributed by atoms with Gasteiger partial charge in [-0.1, -0.05) is 21.8 Å². The summed E-state index contributed by atoms with van der Waals surface area (Å²) in [6.45, 7) is 4.47. The van der Waals surface area contributed by atoms with Gasteiger partial charge < -0.3 is 19.9 Å². The van der Waals surface area contributed by atoms with Crippen LogP contribution in [-0.4, -0.2) is 45.5 Å². The molecule has 5 heteroatoms. The number of ether oxygens (including phenoxy) is 3. The molecule has 0 heterocycles. The SMILES string of the molecule is C.C.CCCOCCOCCOC(=O)CN. The fraction of sp³-hybridized carbons (Fsp3) is 0.909. The third-order valence-electron chi connectivity index (χ3n) is 1.38. The average Bonchev–Trinajstić information content (AvgIpc) is 2.21. The lowest BCUT2D eigenvalue weighted by Crippen LogP contribution is -2.19. The molecule has 0 amide bonds. The highest BCUT2D eigenvalue weighted by atomic mass is 16.6. The van der Waals surface area contributed by atoms with Gasteiger partial charge in [0.1, 0.15) is 6.61 Å². The van der Waals surface area contributed by atoms with E-state index in [0.29, 0.717) is 19.8 Å². The summed E-state index contributed by atoms with van der Waals surface area (Å²) >= 11 is 0. The molecular formula is C11H27NO4. The zero-order valence-electron chi connectivity index (χ0n) is 8.66. The van der Waals surface area contributed by atoms with E-state index in [0.717, 1.165) is 13.0 Å². The van der Waals surface area contributed by atoms with Gasteiger partial charge in [-0.15, -0.1) is 0 Å². The summed E-state index contributed by atoms with van der Waals surface area (Å²) in [5.74, 6) is -0.407. The van der Waals surface area contributed by atoms with Crippen LogP contribution in [0.4, 0.5) is 0 Å². The number of nitrogens with two attached hydrogens (primary N) is 1. The first kappa shape index (κ1) is 20.7. The zero-order valence-corrected chi connectivity index (χ0v) is 8.66. The number of carbonyl (C=O) groups excluding carboxylic acids is 1. The van der Waals surface area contributed by atoms with Gasteiger partial charge in [-0.25, -0.2) is 0 Å². The standard InChI is InChI=1S/C9H19NO4.2CH4/c1-2-3-12-4-5-13-6-7-14-9(11)8-10;;/h2-8,10H2,1H3;2*1H4. The van der Waals surface area contributed by atoms with Gasteiger partial charge in [0.2, 0.25) is 0 Å². The number of hydrogen-bond acceptors (Lipinski definition) is 5. The van der Waals surface area contributed by atoms with Crippen LogP contribution in [-0.2, 0) is 19.0 Å². The monoisotopic (exact) mass is 237 g/mol. The lowest BCUT2D eigenvalue weighted by Gasteiger charge is -2.05. The van der Waals surface area contributed by atoms with Crippen LogP contribution in [0.5, 0.6) is 0 Å². The first-order chi connectivity index (χ1) is 6.81. The Kier molecular flexibility index (Phi) is 21.7. The Balaban J connectivity index is -0.000000845. The van der Waals surface area contributed by atoms with Crippen molar-refractivity contribution in [3.8, 4) is 0 Å². The summed E-state index contributed by atoms with van der Waals surface area (Å²) in [7, 11) is 0. The highest BCUT2D eigenvalue weighted by Crippen LogP contribution is 1.83. The molecule has 5 nitrogen and oxygen atoms in total. The molecule has 0 spiro atoms. The first-order valence-corrected chi connectivity index (χ1v) is 4.82. The maximum atomic E-state index is 10.6. The summed E-state index contributed by atoms with van der Waals surface area (Å²) in [6.07, 6.45) is 1.01. The van der Waals surface area contributed by atoms with E-state index in [4.69, 9.17) is 15.2 Å². The molecule has 0 rings (SSSR count). The van der Waals surface area contributed by atoms with E-state index in [1.54, 1.807) is 0 Å². The molecule has 0 aliphatic heterocycles. The van der Waals surface area contributed by atoms with E-state index in [2.05, 4.69) is 4.74 Å². The van der Waals surface area contributed by atoms with Crippen LogP contribution in [0, 0.1) is 0 Å². The van der Waals surface area contributed by atoms with E-state index >= 15 is 0 Å². The second kappa shape index (κ2) is 16.8. The van der Waals surface area contributed by atoms with Crippen molar-refractivity contribution in [2.75, 3.05) is 39.6 Å². The Morgan fingerprint density at radius 2 is 1.50 bits per heavy atom. The van der Waals surface area contributed by atoms with Crippen molar-refractivity contribution in [2.45, 2.75) is 28.2 Å². The lowest BCUT2D eigenvalue weighted by molar-refractivity contribution is -0.143. The van der Waals surface area contributed by atoms with Crippen molar-refractivity contribution >= 4 is 5.97 Å². The average molecular weight is 237 g/mol. The van der Waals surface area contributed by atoms with E-state index in [1.165, 1.54) is 0 Å². The molecule has 0 fully saturated rings. The van der Waals surface area contributed by atoms with Crippen molar-refractivity contribution in [3.63, 3.8) is 0 Å². The fourth-order valence-electron chi connectivity index (χ4n) is 0.740. The molecule has 0 unspecified atom stereocenters. The molecule has 0 atom stereocenters. The van der Waals surface area contributed by atoms with Gasteiger partial charge in [0.25, 0.3) is 0 Å². The minimum atomic E-state index is -0.407. The van der Waals surface area contributed by atoms with Gasteiger partial charge in [0, 0.05) is 6.61 Å². The maximum absolute atomic E-state index is 10.6. The Morgan fingerprint density at radius 1 is 1.00 bits per heavy atom. The third-order valence-corrected chi connectivity index (χ3v) is 1.38. The molecule has 0 aromatic heterocycles. The van der Waals surface area contributed by atoms with E-state index in [1.807, 2.05) is 6.92 Å². The van der Waals surface area contributed by atoms with Gasteiger partial charge >= 0.3 is 5.97 Å². The topological polar surface area (TPSA) is 70.8 Å². The van der Waals surface area contributed by atoms with Gasteiger partial charge in [-0.05, 0) is 6.42 Å². The Bertz CT molecular complexity index is 142. The highest BCUT2D eigenvalue weighted by Gasteiger charge is 1.97. The Hall–Kier alpha value is -0.650. The fourth-order valence-corrected chi connectivity index (χ4v) is 0.740. The Morgan fingerprint density at radius 3 is 2.00 bits per heavy atom. The van der Waals surface area contributed by atoms with Crippen LogP contribution in [0.2, 0.25) is 0 Å². The van der Waals surface area contributed by atoms with Gasteiger partial charge in [0.05, 0.1) is 26.4 Å². The number of hydrogen-bond donors (Lipinski definition) is 1. The molecule has 0 saturated heterocycles. The molecule has 0 aliphatic carbocycles. The molecule has 0 aromatic rings. The van der Waals surface area contributed by atoms with E-state index in [9.17, 15) is 4.79 Å². The largest absolute Gasteiger partial charge is 0.462 e. The second-order valence-corrected chi connectivity index (χ2v) is 2.65. The quantitative estimate of drug-likeness (QED) is 0.482. The summed E-state index contributed by atoms with van der Waals surface area (Å²) in [6, 6.07) is 0. The van der Waals surface area contributed by atoms with Gasteiger partial charge in [0.15, 0.2) is 0 Å². The van der Waals surface area contributed by atoms with Crippen LogP contribution in [0.25, 0.3) is 0 Å². The molecule has 100 valence electrons. The summed E-state index contributed by atoms with van der Waals surface area (Å²) < 4.78 is 15.0. The molecule has 0 bridgehead atoms. The minimum Gasteiger partial charge on any atom is -0.462 e. The molecular weight excluding hydrogens is 210 g/mol. The summed E-state index contributed by atoms with van der Waals surface area (Å²) in [5, 5.41) is 0. The number of esters is 1. The lowest BCUT2D eigenvalue weighted by atomic mass is 10.5. The number of carbonyl (C=O) groups is 1. The molecule has 2 N–H and O–H groups in total. The van der Waals surface area contributed by atoms with Crippen molar-refractivity contribution in [3.05, 3.63) is 0 Å². The molecule has 0 saturated carbocycles. The zero-order chi connectivity index (χ0) is 10.6. The van der Waals surface area contributed by atoms with Crippen molar-refractivity contribution in [1.82, 2.24) is 0 Å². The minimum absolute atomic E-state index is 0. The Labute approximate surface area is 99.2 Å². The van der Waals surface area contributed by atoms with Crippen LogP contribution in [0.15, 0.2) is 0 Å². The van der Waals surface area contributed by atoms with E-state index < -0.39 is 5.97 Å². The third kappa shape index (κ3) is 15.8. The summed E-state index contributed by atoms with van der Waals surface area (Å²) in [4.78, 5) is 10.6. The highest BCUT2D eigenvalue weighted by molar-refractivity contribution is 5.71. The molecule has 16 heavy (non-hydrogen) atoms. The van der Waals surface area contributed by atoms with Crippen molar-refractivity contribution in [2.24, 2.45) is 5.73 Å². The van der Waals surface area contributed by atoms with Crippen molar-refractivity contribution < 1.29 is 19.0 Å². The molecule has 0 aromatic carbocycles. The van der Waals surface area contributed by atoms with Gasteiger partial charge in [-0.3, -0.25) is 4.79 Å². The summed E-state index contributed by atoms with van der Waals surface area (Å²) in [5.41, 5.74) is 5.03. The van der Waals surface area contributed by atoms with E-state index in [-0.39, 0.29) is 28.0 Å².